The van der Waals surface area contributed by atoms with Gasteiger partial charge < -0.3 is 8.98 Å². The molecule has 0 atom stereocenters. The number of aromatic nitrogens is 4. The van der Waals surface area contributed by atoms with E-state index in [-0.39, 0.29) is 0 Å². The van der Waals surface area contributed by atoms with Crippen molar-refractivity contribution >= 4 is 44.4 Å². The predicted octanol–water partition coefficient (Wildman–Crippen LogP) is 16.8. The summed E-state index contributed by atoms with van der Waals surface area (Å²) in [4.78, 5) is 15.7. The Labute approximate surface area is 400 Å². The molecule has 3 heterocycles. The summed E-state index contributed by atoms with van der Waals surface area (Å²) < 4.78 is 8.99. The monoisotopic (exact) mass is 884 g/mol. The number of allylic oxidation sites excluding steroid dienone is 2. The van der Waals surface area contributed by atoms with Crippen LogP contribution in [0.4, 0.5) is 0 Å². The van der Waals surface area contributed by atoms with E-state index in [0.717, 1.165) is 105 Å². The third-order valence-corrected chi connectivity index (χ3v) is 13.0. The van der Waals surface area contributed by atoms with E-state index < -0.39 is 0 Å². The van der Waals surface area contributed by atoms with Gasteiger partial charge in [-0.2, -0.15) is 0 Å². The van der Waals surface area contributed by atoms with Crippen molar-refractivity contribution in [2.24, 2.45) is 0 Å². The van der Waals surface area contributed by atoms with Gasteiger partial charge in [-0.05, 0) is 100.0 Å². The first-order valence-corrected chi connectivity index (χ1v) is 23.2. The SMILES string of the molecule is C=C/C(=C\c1c(C)oc2ccc3c(c4ccccc4n3-c3ccccc3)c12)c1ccc(-c2ccc(-c3ccccc3)c(-c3ccccc3)c2)cc1-c1nc(-c2ccccc2)nc(-c2ccccc2)n1. The minimum atomic E-state index is 0.554. The molecule has 0 unspecified atom stereocenters. The van der Waals surface area contributed by atoms with E-state index in [2.05, 4.69) is 181 Å². The molecule has 0 aliphatic carbocycles. The van der Waals surface area contributed by atoms with Gasteiger partial charge in [0.1, 0.15) is 11.3 Å². The van der Waals surface area contributed by atoms with Crippen molar-refractivity contribution in [2.45, 2.75) is 6.92 Å². The third kappa shape index (κ3) is 7.53. The molecular weight excluding hydrogens is 841 g/mol. The predicted molar refractivity (Wildman–Crippen MR) is 286 cm³/mol. The Bertz CT molecular complexity index is 3830. The van der Waals surface area contributed by atoms with Crippen LogP contribution in [0.25, 0.3) is 118 Å². The molecule has 0 aliphatic heterocycles. The Morgan fingerprint density at radius 1 is 0.449 bits per heavy atom. The van der Waals surface area contributed by atoms with Crippen LogP contribution in [0.2, 0.25) is 0 Å². The lowest BCUT2D eigenvalue weighted by atomic mass is 9.89. The summed E-state index contributed by atoms with van der Waals surface area (Å²) in [5, 5.41) is 3.35. The van der Waals surface area contributed by atoms with Crippen LogP contribution in [-0.4, -0.2) is 19.5 Å². The molecule has 0 saturated heterocycles. The number of nitrogens with zero attached hydrogens (tertiary/aromatic N) is 4. The summed E-state index contributed by atoms with van der Waals surface area (Å²) in [7, 11) is 0. The molecule has 9 aromatic carbocycles. The van der Waals surface area contributed by atoms with Gasteiger partial charge in [-0.1, -0.05) is 195 Å². The Balaban J connectivity index is 1.10. The topological polar surface area (TPSA) is 56.7 Å². The van der Waals surface area contributed by atoms with Crippen LogP contribution in [-0.2, 0) is 0 Å². The fourth-order valence-corrected chi connectivity index (χ4v) is 9.76. The summed E-state index contributed by atoms with van der Waals surface area (Å²) in [5.41, 5.74) is 16.4. The van der Waals surface area contributed by atoms with E-state index in [1.54, 1.807) is 0 Å². The molecule has 0 fully saturated rings. The number of fused-ring (bicyclic) bond motifs is 5. The highest BCUT2D eigenvalue weighted by molar-refractivity contribution is 6.23. The molecule has 12 rings (SSSR count). The van der Waals surface area contributed by atoms with Crippen molar-refractivity contribution in [1.29, 1.82) is 0 Å². The lowest BCUT2D eigenvalue weighted by Crippen LogP contribution is -2.02. The lowest BCUT2D eigenvalue weighted by Gasteiger charge is -2.16. The molecule has 5 heteroatoms. The number of furan rings is 1. The van der Waals surface area contributed by atoms with E-state index in [4.69, 9.17) is 19.4 Å². The minimum Gasteiger partial charge on any atom is -0.461 e. The highest BCUT2D eigenvalue weighted by atomic mass is 16.3. The Morgan fingerprint density at radius 3 is 1.59 bits per heavy atom. The molecule has 69 heavy (non-hydrogen) atoms. The van der Waals surface area contributed by atoms with E-state index in [1.165, 1.54) is 5.56 Å². The van der Waals surface area contributed by atoms with Crippen LogP contribution in [0.3, 0.4) is 0 Å². The van der Waals surface area contributed by atoms with Crippen LogP contribution in [0.5, 0.6) is 0 Å². The maximum Gasteiger partial charge on any atom is 0.164 e. The standard InChI is InChI=1S/C64H44N4O/c1-3-43(39-54-42(2)69-59-38-37-58-60(61(54)59)53-31-19-20-32-57(53)68(58)50-29-17-8-18-30-50)51-35-33-49(48-34-36-52(44-21-9-4-10-22-44)55(40-48)45-23-11-5-12-24-45)41-56(51)64-66-62(46-25-13-6-14-26-46)65-63(67-64)47-27-15-7-16-28-47/h3-41H,1H2,2H3/b43-39+. The van der Waals surface area contributed by atoms with Crippen molar-refractivity contribution in [3.8, 4) is 73.2 Å². The average molecular weight is 885 g/mol. The fraction of sp³-hybridized carbons (Fsp3) is 0.0156. The largest absolute Gasteiger partial charge is 0.461 e. The Morgan fingerprint density at radius 2 is 0.971 bits per heavy atom. The molecule has 3 aromatic heterocycles. The van der Waals surface area contributed by atoms with Crippen molar-refractivity contribution in [3.05, 3.63) is 254 Å². The Kier molecular flexibility index (Phi) is 10.5. The molecule has 326 valence electrons. The van der Waals surface area contributed by atoms with E-state index in [0.29, 0.717) is 17.5 Å². The van der Waals surface area contributed by atoms with Gasteiger partial charge in [0.15, 0.2) is 17.5 Å². The number of para-hydroxylation sites is 2. The molecule has 0 saturated carbocycles. The number of benzene rings is 9. The van der Waals surface area contributed by atoms with Gasteiger partial charge in [0, 0.05) is 44.1 Å². The van der Waals surface area contributed by atoms with Gasteiger partial charge >= 0.3 is 0 Å². The Hall–Kier alpha value is -9.19. The number of rotatable bonds is 10. The van der Waals surface area contributed by atoms with E-state index >= 15 is 0 Å². The molecule has 0 aliphatic rings. The first kappa shape index (κ1) is 41.3. The van der Waals surface area contributed by atoms with Gasteiger partial charge in [-0.25, -0.2) is 15.0 Å². The molecule has 0 radical (unpaired) electrons. The van der Waals surface area contributed by atoms with E-state index in [9.17, 15) is 0 Å². The summed E-state index contributed by atoms with van der Waals surface area (Å²) >= 11 is 0. The van der Waals surface area contributed by atoms with Crippen LogP contribution in [0, 0.1) is 6.92 Å². The average Bonchev–Trinajstić information content (AvgIpc) is 3.94. The minimum absolute atomic E-state index is 0.554. The zero-order valence-electron chi connectivity index (χ0n) is 37.9. The second-order valence-corrected chi connectivity index (χ2v) is 17.2. The van der Waals surface area contributed by atoms with Gasteiger partial charge in [0.25, 0.3) is 0 Å². The molecule has 0 N–H and O–H groups in total. The molecule has 0 bridgehead atoms. The summed E-state index contributed by atoms with van der Waals surface area (Å²) in [6, 6.07) is 78.3. The van der Waals surface area contributed by atoms with Gasteiger partial charge in [0.05, 0.1) is 11.0 Å². The van der Waals surface area contributed by atoms with Gasteiger partial charge in [0.2, 0.25) is 0 Å². The van der Waals surface area contributed by atoms with Crippen LogP contribution < -0.4 is 0 Å². The molecule has 12 aromatic rings. The summed E-state index contributed by atoms with van der Waals surface area (Å²) in [5.74, 6) is 2.55. The van der Waals surface area contributed by atoms with Crippen molar-refractivity contribution < 1.29 is 4.42 Å². The van der Waals surface area contributed by atoms with Crippen LogP contribution in [0.1, 0.15) is 16.9 Å². The summed E-state index contributed by atoms with van der Waals surface area (Å²) in [6.45, 7) is 6.50. The molecular formula is C64H44N4O. The van der Waals surface area contributed by atoms with E-state index in [1.807, 2.05) is 73.7 Å². The number of hydrogen-bond donors (Lipinski definition) is 0. The third-order valence-electron chi connectivity index (χ3n) is 13.0. The number of hydrogen-bond acceptors (Lipinski definition) is 4. The summed E-state index contributed by atoms with van der Waals surface area (Å²) in [6.07, 6.45) is 4.16. The first-order valence-electron chi connectivity index (χ1n) is 23.2. The van der Waals surface area contributed by atoms with Crippen LogP contribution in [0.15, 0.2) is 242 Å². The maximum absolute atomic E-state index is 6.64. The molecule has 5 nitrogen and oxygen atoms in total. The van der Waals surface area contributed by atoms with Gasteiger partial charge in [-0.15, -0.1) is 0 Å². The quantitative estimate of drug-likeness (QED) is 0.128. The second kappa shape index (κ2) is 17.6. The lowest BCUT2D eigenvalue weighted by molar-refractivity contribution is 0.577. The van der Waals surface area contributed by atoms with Crippen LogP contribution >= 0.6 is 0 Å². The van der Waals surface area contributed by atoms with Crippen molar-refractivity contribution in [3.63, 3.8) is 0 Å². The molecule has 0 amide bonds. The highest BCUT2D eigenvalue weighted by Gasteiger charge is 2.22. The first-order chi connectivity index (χ1) is 34.1. The molecule has 0 spiro atoms. The maximum atomic E-state index is 6.64. The smallest absolute Gasteiger partial charge is 0.164 e. The number of aryl methyl sites for hydroxylation is 1. The second-order valence-electron chi connectivity index (χ2n) is 17.2. The fourth-order valence-electron chi connectivity index (χ4n) is 9.76. The normalized spacial score (nSPS) is 11.7. The zero-order chi connectivity index (χ0) is 46.3. The van der Waals surface area contributed by atoms with Crippen molar-refractivity contribution in [1.82, 2.24) is 19.5 Å². The van der Waals surface area contributed by atoms with Crippen molar-refractivity contribution in [2.75, 3.05) is 0 Å². The highest BCUT2D eigenvalue weighted by Crippen LogP contribution is 2.43. The van der Waals surface area contributed by atoms with Gasteiger partial charge in [-0.3, -0.25) is 0 Å². The zero-order valence-corrected chi connectivity index (χ0v) is 37.9.